The van der Waals surface area contributed by atoms with Crippen LogP contribution in [-0.2, 0) is 9.05 Å². The highest BCUT2D eigenvalue weighted by atomic mass is 31.2. The molecule has 0 amide bonds. The molecule has 2 aliphatic rings. The van der Waals surface area contributed by atoms with Gasteiger partial charge in [0.25, 0.3) is 0 Å². The summed E-state index contributed by atoms with van der Waals surface area (Å²) in [5, 5.41) is 8.76. The molecule has 0 bridgehead atoms. The van der Waals surface area contributed by atoms with Gasteiger partial charge in [0.15, 0.2) is 0 Å². The number of ether oxygens (including phenoxy) is 1. The zero-order valence-electron chi connectivity index (χ0n) is 26.3. The van der Waals surface area contributed by atoms with Crippen molar-refractivity contribution in [2.75, 3.05) is 49.9 Å². The predicted molar refractivity (Wildman–Crippen MR) is 180 cm³/mol. The normalized spacial score (nSPS) is 16.2. The third-order valence-corrected chi connectivity index (χ3v) is 10.2. The van der Waals surface area contributed by atoms with Gasteiger partial charge < -0.3 is 39.2 Å². The maximum Gasteiger partial charge on any atom is 0.231 e. The molecule has 4 aromatic rings. The minimum atomic E-state index is -1.22. The Hall–Kier alpha value is -3.43. The number of benzene rings is 2. The van der Waals surface area contributed by atoms with Crippen LogP contribution in [0.2, 0.25) is 0 Å². The van der Waals surface area contributed by atoms with Gasteiger partial charge in [0, 0.05) is 57.3 Å². The number of aromatic nitrogens is 3. The largest absolute Gasteiger partial charge is 0.489 e. The van der Waals surface area contributed by atoms with Crippen molar-refractivity contribution in [3.63, 3.8) is 0 Å². The molecule has 234 valence electrons. The van der Waals surface area contributed by atoms with E-state index in [9.17, 15) is 0 Å². The molecular formula is C33H44N7O3P. The van der Waals surface area contributed by atoms with Crippen molar-refractivity contribution in [3.05, 3.63) is 54.7 Å². The second-order valence-electron chi connectivity index (χ2n) is 11.8. The van der Waals surface area contributed by atoms with Crippen LogP contribution >= 0.6 is 8.38 Å². The van der Waals surface area contributed by atoms with Crippen LogP contribution in [0.1, 0.15) is 46.0 Å². The first kappa shape index (κ1) is 30.6. The van der Waals surface area contributed by atoms with Crippen molar-refractivity contribution in [2.45, 2.75) is 64.1 Å². The van der Waals surface area contributed by atoms with Crippen molar-refractivity contribution in [3.8, 4) is 5.75 Å². The number of para-hydroxylation sites is 1. The predicted octanol–water partition coefficient (Wildman–Crippen LogP) is 6.92. The zero-order chi connectivity index (χ0) is 30.6. The van der Waals surface area contributed by atoms with Gasteiger partial charge in [-0.3, -0.25) is 0 Å². The summed E-state index contributed by atoms with van der Waals surface area (Å²) in [6, 6.07) is 17.7. The van der Waals surface area contributed by atoms with Crippen molar-refractivity contribution < 1.29 is 13.8 Å². The molecule has 1 aliphatic carbocycles. The first-order valence-corrected chi connectivity index (χ1v) is 16.8. The van der Waals surface area contributed by atoms with Gasteiger partial charge in [0.05, 0.1) is 28.2 Å². The fraction of sp³-hybridized carbons (Fsp3) is 0.455. The number of nitrogens with one attached hydrogen (secondary N) is 3. The molecule has 0 radical (unpaired) electrons. The standard InChI is InChI=1S/C33H44N7O3P/c1-22(2)43-29-21-23(13-14-28(29)40-19-16-25(17-20-40)39(3)24-9-8-10-24)35-33-37-31-26(15-18-34-31)32(38-33)36-27-11-6-7-12-30(27)44(41-4)42-5/h6-7,11-15,18,21-22,24-25H,8-10,16-17,19-20H2,1-5H3,(H3,34,35,36,37,38). The quantitative estimate of drug-likeness (QED) is 0.146. The van der Waals surface area contributed by atoms with E-state index in [1.54, 1.807) is 14.2 Å². The van der Waals surface area contributed by atoms with Crippen LogP contribution in [0.5, 0.6) is 5.75 Å². The molecule has 1 saturated heterocycles. The van der Waals surface area contributed by atoms with Crippen molar-refractivity contribution in [1.29, 1.82) is 0 Å². The summed E-state index contributed by atoms with van der Waals surface area (Å²) in [5.41, 5.74) is 3.60. The number of anilines is 5. The maximum absolute atomic E-state index is 6.36. The number of aromatic amines is 1. The second-order valence-corrected chi connectivity index (χ2v) is 13.6. The molecule has 0 atom stereocenters. The van der Waals surface area contributed by atoms with E-state index < -0.39 is 8.38 Å². The van der Waals surface area contributed by atoms with Gasteiger partial charge >= 0.3 is 0 Å². The third-order valence-electron chi connectivity index (χ3n) is 8.71. The SMILES string of the molecule is COP(OC)c1ccccc1Nc1nc(Nc2ccc(N3CCC(N(C)C4CCC4)CC3)c(OC(C)C)c2)nc2[nH]ccc12. The Kier molecular flexibility index (Phi) is 9.52. The molecule has 2 aromatic carbocycles. The number of piperidine rings is 1. The van der Waals surface area contributed by atoms with E-state index in [4.69, 9.17) is 23.8 Å². The van der Waals surface area contributed by atoms with E-state index in [1.165, 1.54) is 32.1 Å². The summed E-state index contributed by atoms with van der Waals surface area (Å²) in [4.78, 5) is 18.0. The minimum absolute atomic E-state index is 0.0540. The van der Waals surface area contributed by atoms with Gasteiger partial charge in [-0.05, 0) is 76.9 Å². The van der Waals surface area contributed by atoms with Crippen molar-refractivity contribution in [1.82, 2.24) is 19.9 Å². The Morgan fingerprint density at radius 2 is 1.70 bits per heavy atom. The molecule has 2 aromatic heterocycles. The Bertz CT molecular complexity index is 1550. The molecule has 1 saturated carbocycles. The van der Waals surface area contributed by atoms with Crippen molar-refractivity contribution >= 4 is 53.5 Å². The lowest BCUT2D eigenvalue weighted by atomic mass is 9.89. The van der Waals surface area contributed by atoms with Gasteiger partial charge in [-0.2, -0.15) is 9.97 Å². The maximum atomic E-state index is 6.36. The van der Waals surface area contributed by atoms with Gasteiger partial charge in [-0.1, -0.05) is 18.6 Å². The monoisotopic (exact) mass is 617 g/mol. The van der Waals surface area contributed by atoms with Gasteiger partial charge in [-0.25, -0.2) is 0 Å². The third kappa shape index (κ3) is 6.64. The fourth-order valence-electron chi connectivity index (χ4n) is 6.17. The Labute approximate surface area is 261 Å². The summed E-state index contributed by atoms with van der Waals surface area (Å²) >= 11 is 0. The average molecular weight is 618 g/mol. The van der Waals surface area contributed by atoms with Gasteiger partial charge in [0.2, 0.25) is 14.3 Å². The number of hydrogen-bond donors (Lipinski definition) is 3. The molecule has 1 aliphatic heterocycles. The molecule has 6 rings (SSSR count). The highest BCUT2D eigenvalue weighted by molar-refractivity contribution is 7.56. The van der Waals surface area contributed by atoms with Crippen molar-refractivity contribution in [2.24, 2.45) is 0 Å². The van der Waals surface area contributed by atoms with Crippen LogP contribution in [0.25, 0.3) is 11.0 Å². The lowest BCUT2D eigenvalue weighted by Gasteiger charge is -2.44. The number of fused-ring (bicyclic) bond motifs is 1. The molecule has 10 nitrogen and oxygen atoms in total. The minimum Gasteiger partial charge on any atom is -0.489 e. The molecular weight excluding hydrogens is 573 g/mol. The lowest BCUT2D eigenvalue weighted by Crippen LogP contribution is -2.49. The van der Waals surface area contributed by atoms with Crippen LogP contribution < -0.4 is 25.6 Å². The topological polar surface area (TPSA) is 99.8 Å². The second kappa shape index (κ2) is 13.7. The van der Waals surface area contributed by atoms with Gasteiger partial charge in [0.1, 0.15) is 17.2 Å². The van der Waals surface area contributed by atoms with Crippen LogP contribution in [0.3, 0.4) is 0 Å². The molecule has 3 heterocycles. The number of rotatable bonds is 12. The fourth-order valence-corrected chi connectivity index (χ4v) is 7.24. The first-order chi connectivity index (χ1) is 21.4. The number of H-pyrrole nitrogens is 1. The highest BCUT2D eigenvalue weighted by Gasteiger charge is 2.31. The smallest absolute Gasteiger partial charge is 0.231 e. The van der Waals surface area contributed by atoms with Crippen LogP contribution in [0, 0.1) is 0 Å². The summed E-state index contributed by atoms with van der Waals surface area (Å²) in [6.07, 6.45) is 8.36. The average Bonchev–Trinajstić information content (AvgIpc) is 3.47. The van der Waals surface area contributed by atoms with E-state index >= 15 is 0 Å². The Morgan fingerprint density at radius 3 is 2.41 bits per heavy atom. The number of nitrogens with zero attached hydrogens (tertiary/aromatic N) is 4. The van der Waals surface area contributed by atoms with E-state index in [0.29, 0.717) is 17.8 Å². The van der Waals surface area contributed by atoms with E-state index in [0.717, 1.165) is 58.3 Å². The summed E-state index contributed by atoms with van der Waals surface area (Å²) in [6.45, 7) is 6.20. The molecule has 44 heavy (non-hydrogen) atoms. The molecule has 11 heteroatoms. The molecule has 3 N–H and O–H groups in total. The van der Waals surface area contributed by atoms with E-state index in [-0.39, 0.29) is 6.10 Å². The first-order valence-electron chi connectivity index (χ1n) is 15.6. The Morgan fingerprint density at radius 1 is 0.955 bits per heavy atom. The van der Waals surface area contributed by atoms with E-state index in [2.05, 4.69) is 64.5 Å². The zero-order valence-corrected chi connectivity index (χ0v) is 27.2. The van der Waals surface area contributed by atoms with Gasteiger partial charge in [-0.15, -0.1) is 0 Å². The Balaban J connectivity index is 1.23. The summed E-state index contributed by atoms with van der Waals surface area (Å²) in [7, 11) is 4.41. The highest BCUT2D eigenvalue weighted by Crippen LogP contribution is 2.39. The lowest BCUT2D eigenvalue weighted by molar-refractivity contribution is 0.0952. The molecule has 0 spiro atoms. The van der Waals surface area contributed by atoms with Crippen LogP contribution in [0.4, 0.5) is 28.8 Å². The molecule has 0 unspecified atom stereocenters. The summed E-state index contributed by atoms with van der Waals surface area (Å²) in [5.74, 6) is 2.03. The van der Waals surface area contributed by atoms with Crippen LogP contribution in [0.15, 0.2) is 54.7 Å². The van der Waals surface area contributed by atoms with E-state index in [1.807, 2.05) is 36.5 Å². The van der Waals surface area contributed by atoms with Crippen LogP contribution in [-0.4, -0.2) is 72.4 Å². The molecule has 2 fully saturated rings. The summed E-state index contributed by atoms with van der Waals surface area (Å²) < 4.78 is 17.6. The number of hydrogen-bond acceptors (Lipinski definition) is 9.